The molecule has 1 aromatic carbocycles. The standard InChI is InChI=1S/C22H24BrFN4O3/c1-28(21(29)14-25-22(30)19-9-10-20(23)31-19)11-4-2-3-8-17-13-18(27-26-17)15-6-5-7-16(24)12-15/h5-7,9-10,12-13H,2-4,8,11,14H2,1H3,(H,25,30)(H,26,27). The van der Waals surface area contributed by atoms with Gasteiger partial charge in [-0.3, -0.25) is 14.7 Å². The third-order valence-corrected chi connectivity index (χ3v) is 5.24. The number of nitrogens with one attached hydrogen (secondary N) is 2. The summed E-state index contributed by atoms with van der Waals surface area (Å²) in [6.07, 6.45) is 3.57. The zero-order valence-corrected chi connectivity index (χ0v) is 18.7. The molecule has 9 heteroatoms. The topological polar surface area (TPSA) is 91.2 Å². The van der Waals surface area contributed by atoms with E-state index in [1.54, 1.807) is 24.1 Å². The number of rotatable bonds is 10. The lowest BCUT2D eigenvalue weighted by atomic mass is 10.1. The van der Waals surface area contributed by atoms with Crippen molar-refractivity contribution >= 4 is 27.7 Å². The van der Waals surface area contributed by atoms with E-state index in [1.807, 2.05) is 12.1 Å². The van der Waals surface area contributed by atoms with E-state index < -0.39 is 5.91 Å². The van der Waals surface area contributed by atoms with Gasteiger partial charge in [-0.2, -0.15) is 5.10 Å². The highest BCUT2D eigenvalue weighted by molar-refractivity contribution is 9.10. The number of halogens is 2. The van der Waals surface area contributed by atoms with Gasteiger partial charge in [0.2, 0.25) is 5.91 Å². The van der Waals surface area contributed by atoms with Gasteiger partial charge in [-0.15, -0.1) is 0 Å². The number of aromatic nitrogens is 2. The van der Waals surface area contributed by atoms with Crippen molar-refractivity contribution < 1.29 is 18.4 Å². The van der Waals surface area contributed by atoms with Crippen LogP contribution in [0.3, 0.4) is 0 Å². The number of hydrogen-bond acceptors (Lipinski definition) is 4. The number of nitrogens with zero attached hydrogens (tertiary/aromatic N) is 2. The Kier molecular flexibility index (Phi) is 8.00. The number of H-pyrrole nitrogens is 1. The maximum absolute atomic E-state index is 13.3. The van der Waals surface area contributed by atoms with Crippen molar-refractivity contribution in [3.63, 3.8) is 0 Å². The minimum atomic E-state index is -0.426. The highest BCUT2D eigenvalue weighted by Crippen LogP contribution is 2.19. The lowest BCUT2D eigenvalue weighted by Crippen LogP contribution is -2.38. The Hall–Kier alpha value is -2.94. The second kappa shape index (κ2) is 10.9. The first kappa shape index (κ1) is 22.7. The van der Waals surface area contributed by atoms with Crippen LogP contribution in [0.4, 0.5) is 4.39 Å². The molecular weight excluding hydrogens is 467 g/mol. The van der Waals surface area contributed by atoms with Crippen molar-refractivity contribution in [2.45, 2.75) is 25.7 Å². The van der Waals surface area contributed by atoms with Crippen LogP contribution < -0.4 is 5.32 Å². The Morgan fingerprint density at radius 1 is 1.19 bits per heavy atom. The molecule has 0 atom stereocenters. The molecule has 3 rings (SSSR count). The zero-order valence-electron chi connectivity index (χ0n) is 17.2. The summed E-state index contributed by atoms with van der Waals surface area (Å²) in [5.74, 6) is -0.715. The molecule has 7 nitrogen and oxygen atoms in total. The lowest BCUT2D eigenvalue weighted by molar-refractivity contribution is -0.128. The van der Waals surface area contributed by atoms with E-state index in [4.69, 9.17) is 4.42 Å². The summed E-state index contributed by atoms with van der Waals surface area (Å²) in [5.41, 5.74) is 2.47. The van der Waals surface area contributed by atoms with Crippen molar-refractivity contribution in [1.29, 1.82) is 0 Å². The summed E-state index contributed by atoms with van der Waals surface area (Å²) in [6, 6.07) is 11.4. The number of aryl methyl sites for hydroxylation is 1. The number of benzene rings is 1. The molecule has 0 fully saturated rings. The molecule has 31 heavy (non-hydrogen) atoms. The fourth-order valence-electron chi connectivity index (χ4n) is 3.07. The Labute approximate surface area is 188 Å². The van der Waals surface area contributed by atoms with Crippen LogP contribution in [0.1, 0.15) is 35.5 Å². The molecule has 2 N–H and O–H groups in total. The second-order valence-electron chi connectivity index (χ2n) is 7.20. The van der Waals surface area contributed by atoms with Crippen LogP contribution in [0.25, 0.3) is 11.3 Å². The van der Waals surface area contributed by atoms with Crippen LogP contribution in [-0.4, -0.2) is 47.0 Å². The first-order valence-electron chi connectivity index (χ1n) is 10.00. The summed E-state index contributed by atoms with van der Waals surface area (Å²) in [6.45, 7) is 0.531. The average molecular weight is 491 g/mol. The fourth-order valence-corrected chi connectivity index (χ4v) is 3.37. The SMILES string of the molecule is CN(CCCCCc1cc(-c2cccc(F)c2)n[nH]1)C(=O)CNC(=O)c1ccc(Br)o1. The van der Waals surface area contributed by atoms with Crippen molar-refractivity contribution in [3.8, 4) is 11.3 Å². The molecule has 2 aromatic heterocycles. The van der Waals surface area contributed by atoms with Crippen molar-refractivity contribution in [2.24, 2.45) is 0 Å². The maximum atomic E-state index is 13.3. The number of carbonyl (C=O) groups is 2. The molecule has 3 aromatic rings. The van der Waals surface area contributed by atoms with Crippen molar-refractivity contribution in [2.75, 3.05) is 20.1 Å². The molecule has 164 valence electrons. The van der Waals surface area contributed by atoms with E-state index in [9.17, 15) is 14.0 Å². The Balaban J connectivity index is 1.32. The normalized spacial score (nSPS) is 10.8. The molecule has 2 amide bonds. The number of unbranched alkanes of at least 4 members (excludes halogenated alkanes) is 2. The van der Waals surface area contributed by atoms with Crippen LogP contribution in [0.5, 0.6) is 0 Å². The van der Waals surface area contributed by atoms with Gasteiger partial charge in [0.05, 0.1) is 12.2 Å². The van der Waals surface area contributed by atoms with Crippen molar-refractivity contribution in [1.82, 2.24) is 20.4 Å². The largest absolute Gasteiger partial charge is 0.444 e. The molecule has 0 unspecified atom stereocenters. The van der Waals surface area contributed by atoms with Crippen LogP contribution in [0.2, 0.25) is 0 Å². The third-order valence-electron chi connectivity index (χ3n) is 4.81. The summed E-state index contributed by atoms with van der Waals surface area (Å²) < 4.78 is 19.0. The fraction of sp³-hybridized carbons (Fsp3) is 0.318. The molecule has 0 bridgehead atoms. The molecule has 0 spiro atoms. The first-order chi connectivity index (χ1) is 14.9. The Morgan fingerprint density at radius 3 is 2.77 bits per heavy atom. The molecule has 0 saturated carbocycles. The summed E-state index contributed by atoms with van der Waals surface area (Å²) in [7, 11) is 1.72. The molecule has 0 aliphatic rings. The molecule has 0 aliphatic carbocycles. The van der Waals surface area contributed by atoms with E-state index in [1.165, 1.54) is 18.2 Å². The Morgan fingerprint density at radius 2 is 2.03 bits per heavy atom. The van der Waals surface area contributed by atoms with Gasteiger partial charge in [-0.05, 0) is 65.5 Å². The van der Waals surface area contributed by atoms with Gasteiger partial charge >= 0.3 is 0 Å². The van der Waals surface area contributed by atoms with Crippen LogP contribution in [0.15, 0.2) is 51.6 Å². The van der Waals surface area contributed by atoms with Gasteiger partial charge < -0.3 is 14.6 Å². The number of carbonyl (C=O) groups excluding carboxylic acids is 2. The number of hydrogen-bond donors (Lipinski definition) is 2. The molecule has 0 radical (unpaired) electrons. The smallest absolute Gasteiger partial charge is 0.287 e. The molecule has 0 aliphatic heterocycles. The van der Waals surface area contributed by atoms with E-state index >= 15 is 0 Å². The third kappa shape index (κ3) is 6.78. The minimum absolute atomic E-state index is 0.0787. The van der Waals surface area contributed by atoms with E-state index in [2.05, 4.69) is 31.4 Å². The van der Waals surface area contributed by atoms with E-state index in [-0.39, 0.29) is 24.0 Å². The molecule has 2 heterocycles. The van der Waals surface area contributed by atoms with Crippen LogP contribution in [-0.2, 0) is 11.2 Å². The number of aromatic amines is 1. The zero-order chi connectivity index (χ0) is 22.2. The van der Waals surface area contributed by atoms with Crippen LogP contribution in [0, 0.1) is 5.82 Å². The monoisotopic (exact) mass is 490 g/mol. The van der Waals surface area contributed by atoms with Gasteiger partial charge in [-0.25, -0.2) is 4.39 Å². The van der Waals surface area contributed by atoms with Gasteiger partial charge in [0.15, 0.2) is 10.4 Å². The summed E-state index contributed by atoms with van der Waals surface area (Å²) in [5, 5.41) is 9.80. The van der Waals surface area contributed by atoms with Gasteiger partial charge in [0.1, 0.15) is 5.82 Å². The highest BCUT2D eigenvalue weighted by Gasteiger charge is 2.14. The Bertz CT molecular complexity index is 1030. The van der Waals surface area contributed by atoms with Gasteiger partial charge in [0, 0.05) is 24.8 Å². The van der Waals surface area contributed by atoms with Gasteiger partial charge in [0.25, 0.3) is 5.91 Å². The second-order valence-corrected chi connectivity index (χ2v) is 7.98. The minimum Gasteiger partial charge on any atom is -0.444 e. The number of furan rings is 1. The molecular formula is C22H24BrFN4O3. The highest BCUT2D eigenvalue weighted by atomic mass is 79.9. The average Bonchev–Trinajstić information content (AvgIpc) is 3.40. The van der Waals surface area contributed by atoms with E-state index in [0.29, 0.717) is 11.2 Å². The van der Waals surface area contributed by atoms with Crippen LogP contribution >= 0.6 is 15.9 Å². The predicted molar refractivity (Wildman–Crippen MR) is 118 cm³/mol. The summed E-state index contributed by atoms with van der Waals surface area (Å²) >= 11 is 3.13. The van der Waals surface area contributed by atoms with Crippen molar-refractivity contribution in [3.05, 3.63) is 64.4 Å². The quantitative estimate of drug-likeness (QED) is 0.417. The van der Waals surface area contributed by atoms with Gasteiger partial charge in [-0.1, -0.05) is 18.6 Å². The lowest BCUT2D eigenvalue weighted by Gasteiger charge is -2.17. The van der Waals surface area contributed by atoms with E-state index in [0.717, 1.165) is 42.6 Å². The number of likely N-dealkylation sites (N-methyl/N-ethyl adjacent to an activating group) is 1. The number of amides is 2. The first-order valence-corrected chi connectivity index (χ1v) is 10.8. The maximum Gasteiger partial charge on any atom is 0.287 e. The molecule has 0 saturated heterocycles. The summed E-state index contributed by atoms with van der Waals surface area (Å²) in [4.78, 5) is 25.7. The predicted octanol–water partition coefficient (Wildman–Crippen LogP) is 4.17.